The second kappa shape index (κ2) is 5.28. The molecular weight excluding hydrogens is 196 g/mol. The second-order valence-electron chi connectivity index (χ2n) is 4.60. The number of nitrogens with one attached hydrogen (secondary N) is 1. The van der Waals surface area contributed by atoms with Gasteiger partial charge in [-0.1, -0.05) is 36.9 Å². The third-order valence-corrected chi connectivity index (χ3v) is 3.18. The first-order valence-electron chi connectivity index (χ1n) is 5.91. The van der Waals surface area contributed by atoms with Crippen molar-refractivity contribution in [1.82, 2.24) is 10.2 Å². The molecule has 0 bridgehead atoms. The van der Waals surface area contributed by atoms with E-state index in [0.717, 1.165) is 13.1 Å². The molecule has 1 aliphatic heterocycles. The lowest BCUT2D eigenvalue weighted by molar-refractivity contribution is 0.401. The van der Waals surface area contributed by atoms with Crippen molar-refractivity contribution in [3.8, 4) is 0 Å². The summed E-state index contributed by atoms with van der Waals surface area (Å²) in [4.78, 5) is 2.36. The Kier molecular flexibility index (Phi) is 3.75. The Bertz CT molecular complexity index is 345. The minimum Gasteiger partial charge on any atom is -0.309 e. The van der Waals surface area contributed by atoms with E-state index in [4.69, 9.17) is 0 Å². The number of nitrogens with zero attached hydrogens (tertiary/aromatic N) is 1. The molecule has 1 atom stereocenters. The van der Waals surface area contributed by atoms with Crippen molar-refractivity contribution in [1.29, 1.82) is 0 Å². The number of rotatable bonds is 4. The summed E-state index contributed by atoms with van der Waals surface area (Å²) in [6.07, 6.45) is 1.25. The van der Waals surface area contributed by atoms with Crippen LogP contribution in [-0.4, -0.2) is 37.6 Å². The maximum absolute atomic E-state index is 4.13. The van der Waals surface area contributed by atoms with E-state index in [-0.39, 0.29) is 0 Å². The highest BCUT2D eigenvalue weighted by atomic mass is 15.2. The molecule has 2 heteroatoms. The van der Waals surface area contributed by atoms with E-state index < -0.39 is 0 Å². The zero-order valence-corrected chi connectivity index (χ0v) is 9.95. The smallest absolute Gasteiger partial charge is 0.0210 e. The molecule has 1 N–H and O–H groups in total. The Morgan fingerprint density at radius 1 is 1.44 bits per heavy atom. The lowest BCUT2D eigenvalue weighted by Crippen LogP contribution is -2.32. The van der Waals surface area contributed by atoms with Crippen LogP contribution >= 0.6 is 0 Å². The summed E-state index contributed by atoms with van der Waals surface area (Å²) >= 11 is 0. The number of hydrogen-bond acceptors (Lipinski definition) is 2. The molecule has 16 heavy (non-hydrogen) atoms. The summed E-state index contributed by atoms with van der Waals surface area (Å²) in [6, 6.07) is 11.0. The van der Waals surface area contributed by atoms with Gasteiger partial charge in [-0.3, -0.25) is 0 Å². The van der Waals surface area contributed by atoms with Crippen LogP contribution in [0.25, 0.3) is 5.57 Å². The van der Waals surface area contributed by atoms with Crippen LogP contribution in [0.3, 0.4) is 0 Å². The summed E-state index contributed by atoms with van der Waals surface area (Å²) < 4.78 is 0. The van der Waals surface area contributed by atoms with Gasteiger partial charge in [0, 0.05) is 19.1 Å². The lowest BCUT2D eigenvalue weighted by atomic mass is 10.1. The van der Waals surface area contributed by atoms with Crippen LogP contribution in [0.2, 0.25) is 0 Å². The van der Waals surface area contributed by atoms with Gasteiger partial charge >= 0.3 is 0 Å². The largest absolute Gasteiger partial charge is 0.309 e. The fourth-order valence-electron chi connectivity index (χ4n) is 2.15. The summed E-state index contributed by atoms with van der Waals surface area (Å²) in [7, 11) is 2.17. The zero-order chi connectivity index (χ0) is 11.4. The Balaban J connectivity index is 1.80. The Morgan fingerprint density at radius 2 is 2.19 bits per heavy atom. The van der Waals surface area contributed by atoms with Crippen LogP contribution in [0.15, 0.2) is 36.9 Å². The molecule has 0 aromatic heterocycles. The molecule has 0 aliphatic carbocycles. The Labute approximate surface area is 98.0 Å². The minimum absolute atomic E-state index is 0.630. The standard InChI is InChI=1S/C14H20N2/c1-12(13-6-4-3-5-7-13)10-15-14-8-9-16(2)11-14/h3-7,14-15H,1,8-11H2,2H3. The van der Waals surface area contributed by atoms with Crippen molar-refractivity contribution in [2.24, 2.45) is 0 Å². The minimum atomic E-state index is 0.630. The SMILES string of the molecule is C=C(CNC1CCN(C)C1)c1ccccc1. The molecule has 1 aromatic rings. The van der Waals surface area contributed by atoms with E-state index in [9.17, 15) is 0 Å². The van der Waals surface area contributed by atoms with Gasteiger partial charge in [-0.05, 0) is 31.1 Å². The van der Waals surface area contributed by atoms with E-state index in [2.05, 4.69) is 48.1 Å². The van der Waals surface area contributed by atoms with E-state index >= 15 is 0 Å². The van der Waals surface area contributed by atoms with Gasteiger partial charge in [0.2, 0.25) is 0 Å². The maximum Gasteiger partial charge on any atom is 0.0210 e. The van der Waals surface area contributed by atoms with Crippen LogP contribution in [0.4, 0.5) is 0 Å². The van der Waals surface area contributed by atoms with E-state index in [0.29, 0.717) is 6.04 Å². The van der Waals surface area contributed by atoms with Crippen molar-refractivity contribution in [3.63, 3.8) is 0 Å². The van der Waals surface area contributed by atoms with Crippen molar-refractivity contribution >= 4 is 5.57 Å². The van der Waals surface area contributed by atoms with Crippen molar-refractivity contribution in [2.45, 2.75) is 12.5 Å². The van der Waals surface area contributed by atoms with Crippen molar-refractivity contribution in [2.75, 3.05) is 26.7 Å². The summed E-state index contributed by atoms with van der Waals surface area (Å²) in [5.41, 5.74) is 2.41. The molecule has 1 aromatic carbocycles. The molecule has 86 valence electrons. The average Bonchev–Trinajstić information content (AvgIpc) is 2.73. The summed E-state index contributed by atoms with van der Waals surface area (Å²) in [5.74, 6) is 0. The third kappa shape index (κ3) is 2.94. The van der Waals surface area contributed by atoms with Gasteiger partial charge in [-0.15, -0.1) is 0 Å². The van der Waals surface area contributed by atoms with E-state index in [1.54, 1.807) is 0 Å². The molecule has 0 saturated carbocycles. The first-order chi connectivity index (χ1) is 7.75. The van der Waals surface area contributed by atoms with Gasteiger partial charge in [0.05, 0.1) is 0 Å². The van der Waals surface area contributed by atoms with Gasteiger partial charge < -0.3 is 10.2 Å². The average molecular weight is 216 g/mol. The van der Waals surface area contributed by atoms with E-state index in [1.807, 2.05) is 6.07 Å². The highest BCUT2D eigenvalue weighted by Gasteiger charge is 2.18. The fourth-order valence-corrected chi connectivity index (χ4v) is 2.15. The highest BCUT2D eigenvalue weighted by molar-refractivity contribution is 5.64. The normalized spacial score (nSPS) is 21.2. The topological polar surface area (TPSA) is 15.3 Å². The van der Waals surface area contributed by atoms with Crippen LogP contribution in [0.1, 0.15) is 12.0 Å². The monoisotopic (exact) mass is 216 g/mol. The number of likely N-dealkylation sites (N-methyl/N-ethyl adjacent to an activating group) is 1. The number of benzene rings is 1. The van der Waals surface area contributed by atoms with Gasteiger partial charge in [0.1, 0.15) is 0 Å². The Morgan fingerprint density at radius 3 is 2.81 bits per heavy atom. The summed E-state index contributed by atoms with van der Waals surface area (Å²) in [6.45, 7) is 7.38. The van der Waals surface area contributed by atoms with Crippen molar-refractivity contribution < 1.29 is 0 Å². The van der Waals surface area contributed by atoms with Crippen LogP contribution in [-0.2, 0) is 0 Å². The molecule has 2 rings (SSSR count). The van der Waals surface area contributed by atoms with Crippen molar-refractivity contribution in [3.05, 3.63) is 42.5 Å². The fraction of sp³-hybridized carbons (Fsp3) is 0.429. The van der Waals surface area contributed by atoms with Gasteiger partial charge in [0.25, 0.3) is 0 Å². The summed E-state index contributed by atoms with van der Waals surface area (Å²) in [5, 5.41) is 3.57. The predicted molar refractivity (Wildman–Crippen MR) is 69.4 cm³/mol. The molecule has 0 radical (unpaired) electrons. The van der Waals surface area contributed by atoms with Crippen LogP contribution in [0, 0.1) is 0 Å². The molecule has 2 nitrogen and oxygen atoms in total. The zero-order valence-electron chi connectivity index (χ0n) is 9.95. The highest BCUT2D eigenvalue weighted by Crippen LogP contribution is 2.12. The molecule has 1 unspecified atom stereocenters. The first kappa shape index (κ1) is 11.4. The molecular formula is C14H20N2. The third-order valence-electron chi connectivity index (χ3n) is 3.18. The molecule has 0 amide bonds. The van der Waals surface area contributed by atoms with Gasteiger partial charge in [-0.25, -0.2) is 0 Å². The first-order valence-corrected chi connectivity index (χ1v) is 5.91. The maximum atomic E-state index is 4.13. The van der Waals surface area contributed by atoms with Crippen LogP contribution < -0.4 is 5.32 Å². The lowest BCUT2D eigenvalue weighted by Gasteiger charge is -2.14. The molecule has 1 heterocycles. The van der Waals surface area contributed by atoms with E-state index in [1.165, 1.54) is 24.1 Å². The Hall–Kier alpha value is -1.12. The predicted octanol–water partition coefficient (Wildman–Crippen LogP) is 1.99. The number of hydrogen-bond donors (Lipinski definition) is 1. The molecule has 1 aliphatic rings. The van der Waals surface area contributed by atoms with Gasteiger partial charge in [-0.2, -0.15) is 0 Å². The van der Waals surface area contributed by atoms with Crippen LogP contribution in [0.5, 0.6) is 0 Å². The molecule has 1 fully saturated rings. The van der Waals surface area contributed by atoms with Gasteiger partial charge in [0.15, 0.2) is 0 Å². The second-order valence-corrected chi connectivity index (χ2v) is 4.60. The molecule has 0 spiro atoms. The molecule has 1 saturated heterocycles. The number of likely N-dealkylation sites (tertiary alicyclic amines) is 1. The quantitative estimate of drug-likeness (QED) is 0.828.